The molecule has 0 fully saturated rings. The number of ketones is 1. The maximum Gasteiger partial charge on any atom is 0.170 e. The molecule has 0 aliphatic rings. The Kier molecular flexibility index (Phi) is 3.77. The SMILES string of the molecule is CCc1cc(CC(=O)c2ccc(Cl)nc2)n(C)n1. The number of nitrogens with zero attached hydrogens (tertiary/aromatic N) is 3. The monoisotopic (exact) mass is 263 g/mol. The minimum atomic E-state index is 0.0184. The molecule has 2 heterocycles. The van der Waals surface area contributed by atoms with Crippen LogP contribution in [0.5, 0.6) is 0 Å². The van der Waals surface area contributed by atoms with Crippen LogP contribution in [0.2, 0.25) is 5.15 Å². The molecule has 0 bridgehead atoms. The first-order valence-electron chi connectivity index (χ1n) is 5.76. The van der Waals surface area contributed by atoms with Crippen LogP contribution >= 0.6 is 11.6 Å². The highest BCUT2D eigenvalue weighted by atomic mass is 35.5. The van der Waals surface area contributed by atoms with Gasteiger partial charge in [0.25, 0.3) is 0 Å². The summed E-state index contributed by atoms with van der Waals surface area (Å²) in [6.45, 7) is 2.04. The van der Waals surface area contributed by atoms with Gasteiger partial charge in [-0.1, -0.05) is 18.5 Å². The maximum absolute atomic E-state index is 12.1. The van der Waals surface area contributed by atoms with Crippen molar-refractivity contribution in [3.05, 3.63) is 46.5 Å². The minimum absolute atomic E-state index is 0.0184. The van der Waals surface area contributed by atoms with Crippen molar-refractivity contribution in [2.24, 2.45) is 7.05 Å². The van der Waals surface area contributed by atoms with Crippen LogP contribution in [-0.4, -0.2) is 20.5 Å². The van der Waals surface area contributed by atoms with Gasteiger partial charge in [-0.3, -0.25) is 9.48 Å². The fourth-order valence-electron chi connectivity index (χ4n) is 1.72. The number of carbonyl (C=O) groups is 1. The molecule has 2 rings (SSSR count). The summed E-state index contributed by atoms with van der Waals surface area (Å²) < 4.78 is 1.75. The van der Waals surface area contributed by atoms with Gasteiger partial charge in [0.05, 0.1) is 12.1 Å². The average Bonchev–Trinajstić information content (AvgIpc) is 2.71. The predicted octanol–water partition coefficient (Wildman–Crippen LogP) is 2.46. The first-order valence-corrected chi connectivity index (χ1v) is 6.14. The molecule has 0 amide bonds. The Morgan fingerprint density at radius 1 is 1.44 bits per heavy atom. The molecule has 0 atom stereocenters. The normalized spacial score (nSPS) is 10.6. The zero-order valence-corrected chi connectivity index (χ0v) is 11.1. The average molecular weight is 264 g/mol. The summed E-state index contributed by atoms with van der Waals surface area (Å²) in [4.78, 5) is 16.0. The molecular formula is C13H14ClN3O. The number of rotatable bonds is 4. The molecule has 0 saturated heterocycles. The summed E-state index contributed by atoms with van der Waals surface area (Å²) in [7, 11) is 1.85. The van der Waals surface area contributed by atoms with Crippen molar-refractivity contribution < 1.29 is 4.79 Å². The van der Waals surface area contributed by atoms with Crippen LogP contribution in [0.15, 0.2) is 24.4 Å². The summed E-state index contributed by atoms with van der Waals surface area (Å²) in [5.74, 6) is 0.0184. The molecule has 5 heteroatoms. The highest BCUT2D eigenvalue weighted by Crippen LogP contribution is 2.11. The molecule has 0 aliphatic heterocycles. The predicted molar refractivity (Wildman–Crippen MR) is 69.9 cm³/mol. The third-order valence-corrected chi connectivity index (χ3v) is 3.00. The maximum atomic E-state index is 12.1. The van der Waals surface area contributed by atoms with Crippen LogP contribution in [0, 0.1) is 0 Å². The summed E-state index contributed by atoms with van der Waals surface area (Å²) in [5.41, 5.74) is 2.47. The summed E-state index contributed by atoms with van der Waals surface area (Å²) in [5, 5.41) is 4.71. The van der Waals surface area contributed by atoms with E-state index in [0.717, 1.165) is 17.8 Å². The molecular weight excluding hydrogens is 250 g/mol. The Labute approximate surface area is 111 Å². The molecule has 0 unspecified atom stereocenters. The Bertz CT molecular complexity index is 560. The van der Waals surface area contributed by atoms with E-state index in [9.17, 15) is 4.79 Å². The van der Waals surface area contributed by atoms with Crippen LogP contribution in [0.4, 0.5) is 0 Å². The lowest BCUT2D eigenvalue weighted by Crippen LogP contribution is -2.08. The van der Waals surface area contributed by atoms with Crippen molar-refractivity contribution in [3.63, 3.8) is 0 Å². The number of aryl methyl sites for hydroxylation is 2. The van der Waals surface area contributed by atoms with Crippen molar-refractivity contribution in [2.75, 3.05) is 0 Å². The topological polar surface area (TPSA) is 47.8 Å². The molecule has 0 spiro atoms. The lowest BCUT2D eigenvalue weighted by Gasteiger charge is -2.01. The molecule has 94 valence electrons. The molecule has 2 aromatic heterocycles. The van der Waals surface area contributed by atoms with Crippen LogP contribution in [0.1, 0.15) is 28.7 Å². The van der Waals surface area contributed by atoms with Gasteiger partial charge >= 0.3 is 0 Å². The molecule has 2 aromatic rings. The molecule has 0 N–H and O–H groups in total. The third kappa shape index (κ3) is 2.76. The van der Waals surface area contributed by atoms with Gasteiger partial charge in [0.1, 0.15) is 5.15 Å². The lowest BCUT2D eigenvalue weighted by atomic mass is 10.1. The number of hydrogen-bond donors (Lipinski definition) is 0. The van der Waals surface area contributed by atoms with Gasteiger partial charge in [0, 0.05) is 24.5 Å². The zero-order chi connectivity index (χ0) is 13.1. The molecule has 0 saturated carbocycles. The van der Waals surface area contributed by atoms with E-state index in [-0.39, 0.29) is 5.78 Å². The smallest absolute Gasteiger partial charge is 0.170 e. The quantitative estimate of drug-likeness (QED) is 0.629. The second-order valence-electron chi connectivity index (χ2n) is 4.07. The van der Waals surface area contributed by atoms with Crippen molar-refractivity contribution >= 4 is 17.4 Å². The molecule has 0 aliphatic carbocycles. The van der Waals surface area contributed by atoms with Crippen molar-refractivity contribution in [2.45, 2.75) is 19.8 Å². The van der Waals surface area contributed by atoms with Gasteiger partial charge in [-0.05, 0) is 24.6 Å². The Hall–Kier alpha value is -1.68. The number of hydrogen-bond acceptors (Lipinski definition) is 3. The number of carbonyl (C=O) groups excluding carboxylic acids is 1. The van der Waals surface area contributed by atoms with Gasteiger partial charge in [-0.2, -0.15) is 5.10 Å². The lowest BCUT2D eigenvalue weighted by molar-refractivity contribution is 0.0990. The summed E-state index contributed by atoms with van der Waals surface area (Å²) in [6, 6.07) is 5.27. The van der Waals surface area contributed by atoms with E-state index in [4.69, 9.17) is 11.6 Å². The number of pyridine rings is 1. The second kappa shape index (κ2) is 5.31. The van der Waals surface area contributed by atoms with Crippen molar-refractivity contribution in [1.82, 2.24) is 14.8 Å². The summed E-state index contributed by atoms with van der Waals surface area (Å²) >= 11 is 5.69. The van der Waals surface area contributed by atoms with E-state index in [1.54, 1.807) is 16.8 Å². The minimum Gasteiger partial charge on any atom is -0.294 e. The molecule has 18 heavy (non-hydrogen) atoms. The second-order valence-corrected chi connectivity index (χ2v) is 4.46. The van der Waals surface area contributed by atoms with Gasteiger partial charge < -0.3 is 0 Å². The van der Waals surface area contributed by atoms with Crippen LogP contribution in [0.25, 0.3) is 0 Å². The standard InChI is InChI=1S/C13H14ClN3O/c1-3-10-6-11(17(2)16-10)7-12(18)9-4-5-13(14)15-8-9/h4-6,8H,3,7H2,1-2H3. The van der Waals surface area contributed by atoms with Crippen molar-refractivity contribution in [3.8, 4) is 0 Å². The highest BCUT2D eigenvalue weighted by molar-refractivity contribution is 6.29. The Balaban J connectivity index is 2.15. The number of Topliss-reactive ketones (excluding diaryl/α,β-unsaturated/α-hetero) is 1. The molecule has 4 nitrogen and oxygen atoms in total. The van der Waals surface area contributed by atoms with E-state index < -0.39 is 0 Å². The van der Waals surface area contributed by atoms with Gasteiger partial charge in [0.2, 0.25) is 0 Å². The van der Waals surface area contributed by atoms with Gasteiger partial charge in [0.15, 0.2) is 5.78 Å². The van der Waals surface area contributed by atoms with E-state index >= 15 is 0 Å². The van der Waals surface area contributed by atoms with Crippen molar-refractivity contribution in [1.29, 1.82) is 0 Å². The fourth-order valence-corrected chi connectivity index (χ4v) is 1.83. The summed E-state index contributed by atoms with van der Waals surface area (Å²) in [6.07, 6.45) is 2.69. The Morgan fingerprint density at radius 3 is 2.78 bits per heavy atom. The number of halogens is 1. The van der Waals surface area contributed by atoms with E-state index in [0.29, 0.717) is 17.1 Å². The highest BCUT2D eigenvalue weighted by Gasteiger charge is 2.11. The van der Waals surface area contributed by atoms with E-state index in [1.807, 2.05) is 20.0 Å². The van der Waals surface area contributed by atoms with Crippen LogP contribution < -0.4 is 0 Å². The first-order chi connectivity index (χ1) is 8.60. The number of aromatic nitrogens is 3. The molecule has 0 aromatic carbocycles. The van der Waals surface area contributed by atoms with E-state index in [1.165, 1.54) is 6.20 Å². The molecule has 0 radical (unpaired) electrons. The zero-order valence-electron chi connectivity index (χ0n) is 10.4. The Morgan fingerprint density at radius 2 is 2.22 bits per heavy atom. The van der Waals surface area contributed by atoms with E-state index in [2.05, 4.69) is 10.1 Å². The van der Waals surface area contributed by atoms with Gasteiger partial charge in [-0.25, -0.2) is 4.98 Å². The van der Waals surface area contributed by atoms with Crippen LogP contribution in [-0.2, 0) is 19.9 Å². The van der Waals surface area contributed by atoms with Gasteiger partial charge in [-0.15, -0.1) is 0 Å². The fraction of sp³-hybridized carbons (Fsp3) is 0.308. The van der Waals surface area contributed by atoms with Crippen LogP contribution in [0.3, 0.4) is 0 Å². The largest absolute Gasteiger partial charge is 0.294 e. The first kappa shape index (κ1) is 12.8. The third-order valence-electron chi connectivity index (χ3n) is 2.78.